The monoisotopic (exact) mass is 354 g/mol. The molecule has 2 amide bonds. The third kappa shape index (κ3) is 5.43. The quantitative estimate of drug-likeness (QED) is 0.705. The van der Waals surface area contributed by atoms with E-state index in [2.05, 4.69) is 10.6 Å². The van der Waals surface area contributed by atoms with Crippen LogP contribution >= 0.6 is 0 Å². The summed E-state index contributed by atoms with van der Waals surface area (Å²) in [4.78, 5) is 25.5. The van der Waals surface area contributed by atoms with Gasteiger partial charge in [0.1, 0.15) is 0 Å². The van der Waals surface area contributed by atoms with Crippen LogP contribution in [0.4, 0.5) is 5.69 Å². The van der Waals surface area contributed by atoms with Crippen molar-refractivity contribution in [3.05, 3.63) is 65.2 Å². The Kier molecular flexibility index (Phi) is 6.92. The lowest BCUT2D eigenvalue weighted by atomic mass is 10.1. The maximum atomic E-state index is 12.3. The molecular weight excluding hydrogens is 326 g/mol. The Morgan fingerprint density at radius 3 is 2.42 bits per heavy atom. The number of nitrogens with one attached hydrogen (secondary N) is 3. The molecule has 26 heavy (non-hydrogen) atoms. The molecule has 0 heterocycles. The highest BCUT2D eigenvalue weighted by Gasteiger charge is 2.23. The van der Waals surface area contributed by atoms with Crippen molar-refractivity contribution < 1.29 is 14.5 Å². The molecule has 0 spiro atoms. The van der Waals surface area contributed by atoms with Gasteiger partial charge in [-0.2, -0.15) is 0 Å². The number of aryl methyl sites for hydroxylation is 1. The van der Waals surface area contributed by atoms with Crippen LogP contribution in [0.3, 0.4) is 0 Å². The fourth-order valence-electron chi connectivity index (χ4n) is 2.65. The van der Waals surface area contributed by atoms with E-state index in [0.29, 0.717) is 6.54 Å². The second kappa shape index (κ2) is 9.15. The summed E-state index contributed by atoms with van der Waals surface area (Å²) in [5, 5.41) is 5.87. The molecule has 0 aliphatic carbocycles. The Morgan fingerprint density at radius 2 is 1.73 bits per heavy atom. The van der Waals surface area contributed by atoms with Crippen molar-refractivity contribution in [1.29, 1.82) is 0 Å². The zero-order chi connectivity index (χ0) is 19.1. The lowest BCUT2D eigenvalue weighted by Crippen LogP contribution is -3.15. The first-order valence-electron chi connectivity index (χ1n) is 8.88. The molecule has 0 saturated carbocycles. The molecule has 0 aliphatic rings. The first-order valence-corrected chi connectivity index (χ1v) is 8.88. The maximum absolute atomic E-state index is 12.3. The van der Waals surface area contributed by atoms with E-state index in [4.69, 9.17) is 0 Å². The minimum Gasteiger partial charge on any atom is -0.347 e. The van der Waals surface area contributed by atoms with Crippen molar-refractivity contribution in [1.82, 2.24) is 5.32 Å². The highest BCUT2D eigenvalue weighted by molar-refractivity contribution is 5.92. The molecule has 1 unspecified atom stereocenters. The van der Waals surface area contributed by atoms with Crippen molar-refractivity contribution in [2.24, 2.45) is 0 Å². The molecular formula is C21H28N3O2+. The Labute approximate surface area is 155 Å². The summed E-state index contributed by atoms with van der Waals surface area (Å²) in [5.74, 6) is -0.162. The molecule has 5 nitrogen and oxygen atoms in total. The summed E-state index contributed by atoms with van der Waals surface area (Å²) < 4.78 is 0. The van der Waals surface area contributed by atoms with Crippen molar-refractivity contribution in [2.45, 2.75) is 33.4 Å². The number of hydrogen-bond donors (Lipinski definition) is 3. The van der Waals surface area contributed by atoms with E-state index in [0.717, 1.165) is 27.3 Å². The number of benzene rings is 2. The van der Waals surface area contributed by atoms with Gasteiger partial charge in [-0.3, -0.25) is 9.59 Å². The number of hydrogen-bond acceptors (Lipinski definition) is 2. The third-order valence-electron chi connectivity index (χ3n) is 4.76. The first-order chi connectivity index (χ1) is 12.4. The number of quaternary nitrogens is 1. The summed E-state index contributed by atoms with van der Waals surface area (Å²) in [6.45, 7) is 6.56. The van der Waals surface area contributed by atoms with Crippen molar-refractivity contribution >= 4 is 17.5 Å². The lowest BCUT2D eigenvalue weighted by Gasteiger charge is -2.21. The van der Waals surface area contributed by atoms with E-state index >= 15 is 0 Å². The number of anilines is 1. The van der Waals surface area contributed by atoms with Gasteiger partial charge < -0.3 is 15.5 Å². The average molecular weight is 354 g/mol. The summed E-state index contributed by atoms with van der Waals surface area (Å²) in [6.07, 6.45) is 0. The molecule has 0 fully saturated rings. The highest BCUT2D eigenvalue weighted by Crippen LogP contribution is 2.17. The minimum absolute atomic E-state index is 0.0640. The standard InChI is InChI=1S/C21H27N3O2/c1-15-9-8-12-19(16(15)2)23-20(25)14-24(4)17(3)21(26)22-13-18-10-6-5-7-11-18/h5-12,17H,13-14H2,1-4H3,(H,22,26)(H,23,25)/p+1/t17-/m0/s1. The normalized spacial score (nSPS) is 12.9. The molecule has 5 heteroatoms. The van der Waals surface area contributed by atoms with E-state index in [-0.39, 0.29) is 24.4 Å². The van der Waals surface area contributed by atoms with E-state index in [1.807, 2.05) is 76.3 Å². The molecule has 0 saturated heterocycles. The van der Waals surface area contributed by atoms with Gasteiger partial charge in [0.15, 0.2) is 12.6 Å². The van der Waals surface area contributed by atoms with E-state index < -0.39 is 0 Å². The number of carbonyl (C=O) groups is 2. The summed E-state index contributed by atoms with van der Waals surface area (Å²) in [5.41, 5.74) is 4.08. The molecule has 0 aromatic heterocycles. The van der Waals surface area contributed by atoms with Crippen LogP contribution in [0.1, 0.15) is 23.6 Å². The van der Waals surface area contributed by atoms with Gasteiger partial charge in [0.25, 0.3) is 11.8 Å². The van der Waals surface area contributed by atoms with Crippen LogP contribution in [0, 0.1) is 13.8 Å². The maximum Gasteiger partial charge on any atom is 0.279 e. The Hall–Kier alpha value is -2.66. The fourth-order valence-corrected chi connectivity index (χ4v) is 2.65. The smallest absolute Gasteiger partial charge is 0.279 e. The van der Waals surface area contributed by atoms with Crippen LogP contribution in [0.25, 0.3) is 0 Å². The van der Waals surface area contributed by atoms with Crippen LogP contribution in [0.15, 0.2) is 48.5 Å². The van der Waals surface area contributed by atoms with Crippen LogP contribution < -0.4 is 15.5 Å². The van der Waals surface area contributed by atoms with Gasteiger partial charge in [0.05, 0.1) is 7.05 Å². The second-order valence-electron chi connectivity index (χ2n) is 6.74. The molecule has 3 N–H and O–H groups in total. The van der Waals surface area contributed by atoms with E-state index in [1.165, 1.54) is 0 Å². The minimum atomic E-state index is -0.317. The zero-order valence-corrected chi connectivity index (χ0v) is 15.9. The summed E-state index contributed by atoms with van der Waals surface area (Å²) >= 11 is 0. The third-order valence-corrected chi connectivity index (χ3v) is 4.76. The topological polar surface area (TPSA) is 62.6 Å². The van der Waals surface area contributed by atoms with Crippen LogP contribution in [-0.4, -0.2) is 31.4 Å². The molecule has 2 aromatic carbocycles. The van der Waals surface area contributed by atoms with Crippen LogP contribution in [-0.2, 0) is 16.1 Å². The first kappa shape index (κ1) is 19.7. The van der Waals surface area contributed by atoms with Gasteiger partial charge >= 0.3 is 0 Å². The predicted octanol–water partition coefficient (Wildman–Crippen LogP) is 1.46. The lowest BCUT2D eigenvalue weighted by molar-refractivity contribution is -0.885. The Bertz CT molecular complexity index is 759. The average Bonchev–Trinajstić information content (AvgIpc) is 2.63. The van der Waals surface area contributed by atoms with Gasteiger partial charge in [-0.25, -0.2) is 0 Å². The van der Waals surface area contributed by atoms with Crippen LogP contribution in [0.5, 0.6) is 0 Å². The molecule has 138 valence electrons. The number of carbonyl (C=O) groups excluding carboxylic acids is 2. The van der Waals surface area contributed by atoms with Crippen molar-refractivity contribution in [2.75, 3.05) is 18.9 Å². The molecule has 2 atom stereocenters. The predicted molar refractivity (Wildman–Crippen MR) is 104 cm³/mol. The summed E-state index contributed by atoms with van der Waals surface area (Å²) in [6, 6.07) is 15.3. The van der Waals surface area contributed by atoms with Crippen molar-refractivity contribution in [3.8, 4) is 0 Å². The van der Waals surface area contributed by atoms with Crippen LogP contribution in [0.2, 0.25) is 0 Å². The number of likely N-dealkylation sites (N-methyl/N-ethyl adjacent to an activating group) is 1. The molecule has 2 rings (SSSR count). The van der Waals surface area contributed by atoms with Crippen molar-refractivity contribution in [3.63, 3.8) is 0 Å². The molecule has 0 bridgehead atoms. The largest absolute Gasteiger partial charge is 0.347 e. The fraction of sp³-hybridized carbons (Fsp3) is 0.333. The number of rotatable bonds is 7. The molecule has 0 radical (unpaired) electrons. The number of amides is 2. The van der Waals surface area contributed by atoms with Gasteiger partial charge in [0.2, 0.25) is 0 Å². The highest BCUT2D eigenvalue weighted by atomic mass is 16.2. The van der Waals surface area contributed by atoms with Gasteiger partial charge in [0, 0.05) is 12.2 Å². The SMILES string of the molecule is Cc1cccc(NC(=O)C[NH+](C)[C@@H](C)C(=O)NCc2ccccc2)c1C. The summed E-state index contributed by atoms with van der Waals surface area (Å²) in [7, 11) is 1.86. The Morgan fingerprint density at radius 1 is 1.04 bits per heavy atom. The van der Waals surface area contributed by atoms with Gasteiger partial charge in [-0.05, 0) is 43.5 Å². The van der Waals surface area contributed by atoms with Gasteiger partial charge in [-0.1, -0.05) is 42.5 Å². The van der Waals surface area contributed by atoms with E-state index in [9.17, 15) is 9.59 Å². The Balaban J connectivity index is 1.85. The molecule has 2 aromatic rings. The van der Waals surface area contributed by atoms with E-state index in [1.54, 1.807) is 0 Å². The zero-order valence-electron chi connectivity index (χ0n) is 15.9. The second-order valence-corrected chi connectivity index (χ2v) is 6.74. The van der Waals surface area contributed by atoms with Gasteiger partial charge in [-0.15, -0.1) is 0 Å². The molecule has 0 aliphatic heterocycles.